The lowest BCUT2D eigenvalue weighted by molar-refractivity contribution is -0.215. The Morgan fingerprint density at radius 2 is 2.08 bits per heavy atom. The molecule has 0 spiro atoms. The molecule has 70 valence electrons. The fraction of sp³-hybridized carbons (Fsp3) is 0.143. The number of hydrogen-bond acceptors (Lipinski definition) is 3. The molecule has 0 bridgehead atoms. The van der Waals surface area contributed by atoms with E-state index in [0.717, 1.165) is 12.4 Å². The maximum absolute atomic E-state index is 12.1. The normalized spacial score (nSPS) is 11.3. The molecular formula is C7H4F3N2O-. The Balaban J connectivity index is 3.28. The molecule has 0 unspecified atom stereocenters. The molecule has 0 aliphatic rings. The van der Waals surface area contributed by atoms with Crippen molar-refractivity contribution < 1.29 is 18.3 Å². The van der Waals surface area contributed by atoms with Crippen molar-refractivity contribution in [1.29, 1.82) is 5.41 Å². The number of hydrogen-bond donors (Lipinski definition) is 1. The third-order valence-electron chi connectivity index (χ3n) is 1.37. The summed E-state index contributed by atoms with van der Waals surface area (Å²) in [6.07, 6.45) is -2.96. The van der Waals surface area contributed by atoms with Gasteiger partial charge < -0.3 is 10.5 Å². The highest BCUT2D eigenvalue weighted by atomic mass is 19.4. The van der Waals surface area contributed by atoms with Crippen molar-refractivity contribution in [2.45, 2.75) is 6.18 Å². The molecule has 3 nitrogen and oxygen atoms in total. The Hall–Kier alpha value is -1.59. The molecule has 0 atom stereocenters. The van der Waals surface area contributed by atoms with E-state index in [9.17, 15) is 18.3 Å². The Morgan fingerprint density at radius 1 is 1.46 bits per heavy atom. The Labute approximate surface area is 71.4 Å². The molecule has 0 saturated carbocycles. The third kappa shape index (κ3) is 1.95. The quantitative estimate of drug-likeness (QED) is 0.524. The van der Waals surface area contributed by atoms with Crippen LogP contribution in [0.3, 0.4) is 0 Å². The summed E-state index contributed by atoms with van der Waals surface area (Å²) in [5.41, 5.74) is -1.85. The average molecular weight is 189 g/mol. The topological polar surface area (TPSA) is 59.8 Å². The zero-order valence-corrected chi connectivity index (χ0v) is 6.22. The number of aromatic nitrogens is 1. The van der Waals surface area contributed by atoms with Gasteiger partial charge in [-0.1, -0.05) is 0 Å². The van der Waals surface area contributed by atoms with Crippen molar-refractivity contribution in [1.82, 2.24) is 4.98 Å². The van der Waals surface area contributed by atoms with E-state index in [2.05, 4.69) is 4.98 Å². The van der Waals surface area contributed by atoms with E-state index in [1.165, 1.54) is 0 Å². The first-order valence-corrected chi connectivity index (χ1v) is 3.20. The molecular weight excluding hydrogens is 185 g/mol. The molecule has 13 heavy (non-hydrogen) atoms. The molecule has 0 radical (unpaired) electrons. The summed E-state index contributed by atoms with van der Waals surface area (Å²) in [4.78, 5) is 3.34. The van der Waals surface area contributed by atoms with Gasteiger partial charge in [-0.15, -0.1) is 0 Å². The Morgan fingerprint density at radius 3 is 2.46 bits per heavy atom. The second-order valence-corrected chi connectivity index (χ2v) is 2.25. The third-order valence-corrected chi connectivity index (χ3v) is 1.37. The summed E-state index contributed by atoms with van der Waals surface area (Å²) in [5, 5.41) is 17.0. The van der Waals surface area contributed by atoms with Crippen LogP contribution in [0.5, 0.6) is 0 Å². The van der Waals surface area contributed by atoms with Crippen LogP contribution in [0.1, 0.15) is 11.1 Å². The number of halogens is 3. The monoisotopic (exact) mass is 189 g/mol. The highest BCUT2D eigenvalue weighted by Crippen LogP contribution is 2.30. The fourth-order valence-corrected chi connectivity index (χ4v) is 0.823. The van der Waals surface area contributed by atoms with Gasteiger partial charge in [0.2, 0.25) is 0 Å². The molecule has 0 fully saturated rings. The summed E-state index contributed by atoms with van der Waals surface area (Å²) >= 11 is 0. The second-order valence-electron chi connectivity index (χ2n) is 2.25. The van der Waals surface area contributed by atoms with Gasteiger partial charge in [-0.25, -0.2) is 0 Å². The van der Waals surface area contributed by atoms with Crippen molar-refractivity contribution in [2.24, 2.45) is 0 Å². The Kier molecular flexibility index (Phi) is 2.22. The van der Waals surface area contributed by atoms with Crippen molar-refractivity contribution in [3.8, 4) is 0 Å². The highest BCUT2D eigenvalue weighted by Gasteiger charge is 2.33. The molecule has 0 aliphatic heterocycles. The summed E-state index contributed by atoms with van der Waals surface area (Å²) < 4.78 is 36.4. The van der Waals surface area contributed by atoms with Crippen LogP contribution in [0.2, 0.25) is 0 Å². The van der Waals surface area contributed by atoms with Crippen LogP contribution in [0.15, 0.2) is 18.5 Å². The minimum Gasteiger partial charge on any atom is -0.859 e. The van der Waals surface area contributed by atoms with Gasteiger partial charge in [-0.2, -0.15) is 13.2 Å². The molecule has 1 aromatic heterocycles. The standard InChI is InChI=1S/C7H5F3N2O/c8-7(9,10)5-1-2-12-3-4(5)6(11)13/h1-3H,(H2,11,13)/p-1. The van der Waals surface area contributed by atoms with Gasteiger partial charge in [0.25, 0.3) is 0 Å². The van der Waals surface area contributed by atoms with Gasteiger partial charge in [0, 0.05) is 18.0 Å². The molecule has 1 heterocycles. The van der Waals surface area contributed by atoms with Gasteiger partial charge in [0.15, 0.2) is 0 Å². The lowest BCUT2D eigenvalue weighted by atomic mass is 10.1. The first kappa shape index (κ1) is 9.50. The van der Waals surface area contributed by atoms with E-state index >= 15 is 0 Å². The van der Waals surface area contributed by atoms with Gasteiger partial charge in [0.05, 0.1) is 5.56 Å². The maximum atomic E-state index is 12.1. The largest absolute Gasteiger partial charge is 0.859 e. The second kappa shape index (κ2) is 3.04. The number of alkyl halides is 3. The first-order valence-electron chi connectivity index (χ1n) is 3.20. The van der Waals surface area contributed by atoms with E-state index in [1.807, 2.05) is 0 Å². The van der Waals surface area contributed by atoms with Crippen LogP contribution in [0.25, 0.3) is 0 Å². The summed E-state index contributed by atoms with van der Waals surface area (Å²) in [7, 11) is 0. The number of pyridine rings is 1. The van der Waals surface area contributed by atoms with Crippen molar-refractivity contribution >= 4 is 5.90 Å². The lowest BCUT2D eigenvalue weighted by Gasteiger charge is -2.14. The first-order chi connectivity index (χ1) is 5.93. The van der Waals surface area contributed by atoms with Crippen LogP contribution in [0, 0.1) is 5.41 Å². The number of rotatable bonds is 1. The zero-order valence-electron chi connectivity index (χ0n) is 6.22. The molecule has 1 rings (SSSR count). The van der Waals surface area contributed by atoms with Crippen LogP contribution < -0.4 is 5.11 Å². The van der Waals surface area contributed by atoms with Gasteiger partial charge in [-0.3, -0.25) is 4.98 Å². The molecule has 1 aromatic rings. The van der Waals surface area contributed by atoms with Crippen LogP contribution >= 0.6 is 0 Å². The van der Waals surface area contributed by atoms with Gasteiger partial charge in [0.1, 0.15) is 0 Å². The zero-order chi connectivity index (χ0) is 10.1. The summed E-state index contributed by atoms with van der Waals surface area (Å²) in [6, 6.07) is 0.668. The summed E-state index contributed by atoms with van der Waals surface area (Å²) in [6.45, 7) is 0. The van der Waals surface area contributed by atoms with E-state index in [1.54, 1.807) is 0 Å². The lowest BCUT2D eigenvalue weighted by Crippen LogP contribution is -2.22. The Bertz CT molecular complexity index is 335. The van der Waals surface area contributed by atoms with E-state index in [4.69, 9.17) is 5.41 Å². The van der Waals surface area contributed by atoms with E-state index < -0.39 is 23.2 Å². The number of nitrogens with one attached hydrogen (secondary N) is 1. The van der Waals surface area contributed by atoms with E-state index in [-0.39, 0.29) is 0 Å². The fourth-order valence-electron chi connectivity index (χ4n) is 0.823. The molecule has 0 aromatic carbocycles. The predicted octanol–water partition coefficient (Wildman–Crippen LogP) is 0.786. The van der Waals surface area contributed by atoms with Crippen molar-refractivity contribution in [3.63, 3.8) is 0 Å². The average Bonchev–Trinajstić information content (AvgIpc) is 2.03. The molecule has 0 aliphatic carbocycles. The number of nitrogens with zero attached hydrogens (tertiary/aromatic N) is 1. The van der Waals surface area contributed by atoms with Gasteiger partial charge >= 0.3 is 6.18 Å². The predicted molar refractivity (Wildman–Crippen MR) is 36.1 cm³/mol. The van der Waals surface area contributed by atoms with Crippen LogP contribution in [0.4, 0.5) is 13.2 Å². The van der Waals surface area contributed by atoms with Crippen LogP contribution in [-0.2, 0) is 6.18 Å². The van der Waals surface area contributed by atoms with Gasteiger partial charge in [-0.05, 0) is 12.0 Å². The molecule has 1 N–H and O–H groups in total. The van der Waals surface area contributed by atoms with Crippen molar-refractivity contribution in [3.05, 3.63) is 29.6 Å². The molecule has 0 amide bonds. The SMILES string of the molecule is N=C([O-])c1cnccc1C(F)(F)F. The molecule has 6 heteroatoms. The smallest absolute Gasteiger partial charge is 0.417 e. The summed E-state index contributed by atoms with van der Waals surface area (Å²) in [5.74, 6) is -1.39. The minimum atomic E-state index is -4.62. The van der Waals surface area contributed by atoms with Crippen molar-refractivity contribution in [2.75, 3.05) is 0 Å². The highest BCUT2D eigenvalue weighted by molar-refractivity contribution is 5.89. The molecule has 0 saturated heterocycles. The minimum absolute atomic E-state index is 0.668. The van der Waals surface area contributed by atoms with Crippen LogP contribution in [-0.4, -0.2) is 10.9 Å². The van der Waals surface area contributed by atoms with E-state index in [0.29, 0.717) is 6.07 Å². The maximum Gasteiger partial charge on any atom is 0.417 e.